The molecular formula is C17H18N4O. The summed E-state index contributed by atoms with van der Waals surface area (Å²) in [4.78, 5) is 0. The number of amidine groups is 1. The number of phenols is 1. The molecule has 0 bridgehead atoms. The van der Waals surface area contributed by atoms with E-state index < -0.39 is 0 Å². The molecule has 0 aliphatic carbocycles. The number of nitrogen functional groups attached to an aromatic ring is 1. The highest BCUT2D eigenvalue weighted by Crippen LogP contribution is 2.20. The molecule has 6 N–H and O–H groups in total. The van der Waals surface area contributed by atoms with Crippen LogP contribution in [-0.2, 0) is 0 Å². The van der Waals surface area contributed by atoms with Crippen LogP contribution in [0.4, 0.5) is 0 Å². The summed E-state index contributed by atoms with van der Waals surface area (Å²) in [5, 5.41) is 20.8. The highest BCUT2D eigenvalue weighted by molar-refractivity contribution is 5.99. The monoisotopic (exact) mass is 294 g/mol. The first-order chi connectivity index (χ1) is 10.5. The SMILES string of the molecule is C/C(=N\N)c1ccc(/C=C/c2ccc(C(=N)N)c(O)c2)cc1. The first-order valence-corrected chi connectivity index (χ1v) is 6.71. The summed E-state index contributed by atoms with van der Waals surface area (Å²) in [6.07, 6.45) is 3.81. The van der Waals surface area contributed by atoms with Crippen molar-refractivity contribution in [2.75, 3.05) is 0 Å². The van der Waals surface area contributed by atoms with E-state index in [1.165, 1.54) is 0 Å². The van der Waals surface area contributed by atoms with Gasteiger partial charge in [-0.05, 0) is 35.7 Å². The summed E-state index contributed by atoms with van der Waals surface area (Å²) in [5.41, 5.74) is 9.29. The zero-order valence-corrected chi connectivity index (χ0v) is 12.2. The molecule has 0 saturated heterocycles. The van der Waals surface area contributed by atoms with E-state index >= 15 is 0 Å². The average molecular weight is 294 g/mol. The van der Waals surface area contributed by atoms with E-state index in [2.05, 4.69) is 5.10 Å². The van der Waals surface area contributed by atoms with E-state index in [0.717, 1.165) is 22.4 Å². The van der Waals surface area contributed by atoms with Crippen LogP contribution >= 0.6 is 0 Å². The molecule has 0 aliphatic heterocycles. The molecule has 0 amide bonds. The van der Waals surface area contributed by atoms with E-state index in [4.69, 9.17) is 17.0 Å². The van der Waals surface area contributed by atoms with Gasteiger partial charge in [0.1, 0.15) is 11.6 Å². The second-order valence-electron chi connectivity index (χ2n) is 4.86. The van der Waals surface area contributed by atoms with Crippen LogP contribution in [-0.4, -0.2) is 16.7 Å². The summed E-state index contributed by atoms with van der Waals surface area (Å²) in [7, 11) is 0. The van der Waals surface area contributed by atoms with Gasteiger partial charge in [-0.2, -0.15) is 5.10 Å². The second kappa shape index (κ2) is 6.58. The molecule has 0 atom stereocenters. The van der Waals surface area contributed by atoms with Crippen molar-refractivity contribution < 1.29 is 5.11 Å². The Kier molecular flexibility index (Phi) is 4.58. The largest absolute Gasteiger partial charge is 0.507 e. The number of phenolic OH excluding ortho intramolecular Hbond substituents is 1. The zero-order valence-electron chi connectivity index (χ0n) is 12.2. The maximum absolute atomic E-state index is 9.80. The van der Waals surface area contributed by atoms with Crippen LogP contribution in [0.3, 0.4) is 0 Å². The lowest BCUT2D eigenvalue weighted by molar-refractivity contribution is 0.474. The van der Waals surface area contributed by atoms with Crippen molar-refractivity contribution in [1.82, 2.24) is 0 Å². The third kappa shape index (κ3) is 3.52. The van der Waals surface area contributed by atoms with Gasteiger partial charge in [0.25, 0.3) is 0 Å². The Labute approximate surface area is 129 Å². The van der Waals surface area contributed by atoms with Gasteiger partial charge in [-0.3, -0.25) is 5.41 Å². The molecule has 0 aromatic heterocycles. The molecule has 5 nitrogen and oxygen atoms in total. The molecule has 0 fully saturated rings. The Hall–Kier alpha value is -3.08. The van der Waals surface area contributed by atoms with Crippen LogP contribution < -0.4 is 11.6 Å². The molecule has 0 spiro atoms. The first kappa shape index (κ1) is 15.3. The average Bonchev–Trinajstić information content (AvgIpc) is 2.52. The molecule has 0 aliphatic rings. The van der Waals surface area contributed by atoms with E-state index in [1.54, 1.807) is 18.2 Å². The van der Waals surface area contributed by atoms with Gasteiger partial charge in [-0.25, -0.2) is 0 Å². The molecule has 0 radical (unpaired) electrons. The number of benzene rings is 2. The number of nitrogens with one attached hydrogen (secondary N) is 1. The van der Waals surface area contributed by atoms with Crippen LogP contribution in [0.5, 0.6) is 5.75 Å². The van der Waals surface area contributed by atoms with E-state index in [0.29, 0.717) is 5.56 Å². The maximum atomic E-state index is 9.80. The van der Waals surface area contributed by atoms with Gasteiger partial charge in [0.05, 0.1) is 11.3 Å². The van der Waals surface area contributed by atoms with E-state index in [1.807, 2.05) is 43.3 Å². The quantitative estimate of drug-likeness (QED) is 0.229. The van der Waals surface area contributed by atoms with Crippen LogP contribution in [0.15, 0.2) is 47.6 Å². The summed E-state index contributed by atoms with van der Waals surface area (Å²) in [6, 6.07) is 12.8. The summed E-state index contributed by atoms with van der Waals surface area (Å²) in [5.74, 6) is 5.10. The molecule has 0 unspecified atom stereocenters. The minimum atomic E-state index is -0.152. The van der Waals surface area contributed by atoms with Gasteiger partial charge >= 0.3 is 0 Å². The lowest BCUT2D eigenvalue weighted by Gasteiger charge is -2.03. The molecule has 2 aromatic carbocycles. The van der Waals surface area contributed by atoms with Crippen molar-refractivity contribution in [2.45, 2.75) is 6.92 Å². The Morgan fingerprint density at radius 2 is 1.68 bits per heavy atom. The molecule has 5 heteroatoms. The summed E-state index contributed by atoms with van der Waals surface area (Å²) in [6.45, 7) is 1.85. The highest BCUT2D eigenvalue weighted by Gasteiger charge is 2.03. The first-order valence-electron chi connectivity index (χ1n) is 6.71. The fourth-order valence-electron chi connectivity index (χ4n) is 1.98. The van der Waals surface area contributed by atoms with Gasteiger partial charge in [0.2, 0.25) is 0 Å². The Bertz CT molecular complexity index is 746. The molecule has 2 aromatic rings. The van der Waals surface area contributed by atoms with Gasteiger partial charge in [0.15, 0.2) is 0 Å². The molecular weight excluding hydrogens is 276 g/mol. The molecule has 0 heterocycles. The van der Waals surface area contributed by atoms with Crippen LogP contribution in [0, 0.1) is 5.41 Å². The second-order valence-corrected chi connectivity index (χ2v) is 4.86. The third-order valence-electron chi connectivity index (χ3n) is 3.30. The highest BCUT2D eigenvalue weighted by atomic mass is 16.3. The molecule has 0 saturated carbocycles. The fraction of sp³-hybridized carbons (Fsp3) is 0.0588. The molecule has 112 valence electrons. The van der Waals surface area contributed by atoms with Crippen LogP contribution in [0.25, 0.3) is 12.2 Å². The normalized spacial score (nSPS) is 11.8. The number of nitrogens with two attached hydrogens (primary N) is 2. The van der Waals surface area contributed by atoms with E-state index in [-0.39, 0.29) is 11.6 Å². The van der Waals surface area contributed by atoms with Crippen molar-refractivity contribution in [3.63, 3.8) is 0 Å². The number of nitrogens with zero attached hydrogens (tertiary/aromatic N) is 1. The maximum Gasteiger partial charge on any atom is 0.127 e. The predicted molar refractivity (Wildman–Crippen MR) is 90.9 cm³/mol. The van der Waals surface area contributed by atoms with Crippen molar-refractivity contribution >= 4 is 23.7 Å². The topological polar surface area (TPSA) is 108 Å². The smallest absolute Gasteiger partial charge is 0.127 e. The zero-order chi connectivity index (χ0) is 16.1. The predicted octanol–water partition coefficient (Wildman–Crippen LogP) is 2.53. The third-order valence-corrected chi connectivity index (χ3v) is 3.30. The Morgan fingerprint density at radius 1 is 1.09 bits per heavy atom. The van der Waals surface area contributed by atoms with Crippen molar-refractivity contribution in [2.24, 2.45) is 16.7 Å². The van der Waals surface area contributed by atoms with Crippen molar-refractivity contribution in [3.8, 4) is 5.75 Å². The standard InChI is InChI=1S/C17H18N4O/c1-11(21-20)14-7-4-12(5-8-14)2-3-13-6-9-15(17(18)19)16(22)10-13/h2-10,22H,20H2,1H3,(H3,18,19)/b3-2+,21-11+. The van der Waals surface area contributed by atoms with Crippen molar-refractivity contribution in [1.29, 1.82) is 5.41 Å². The molecule has 2 rings (SSSR count). The minimum absolute atomic E-state index is 0.000204. The Morgan fingerprint density at radius 3 is 2.23 bits per heavy atom. The van der Waals surface area contributed by atoms with Gasteiger partial charge in [0, 0.05) is 0 Å². The number of hydrazone groups is 1. The number of rotatable bonds is 4. The summed E-state index contributed by atoms with van der Waals surface area (Å²) < 4.78 is 0. The summed E-state index contributed by atoms with van der Waals surface area (Å²) >= 11 is 0. The van der Waals surface area contributed by atoms with Gasteiger partial charge < -0.3 is 16.7 Å². The minimum Gasteiger partial charge on any atom is -0.507 e. The Balaban J connectivity index is 2.18. The van der Waals surface area contributed by atoms with E-state index in [9.17, 15) is 5.11 Å². The molecule has 22 heavy (non-hydrogen) atoms. The number of aromatic hydroxyl groups is 1. The van der Waals surface area contributed by atoms with Crippen LogP contribution in [0.2, 0.25) is 0 Å². The number of hydrogen-bond acceptors (Lipinski definition) is 4. The van der Waals surface area contributed by atoms with Gasteiger partial charge in [-0.1, -0.05) is 42.5 Å². The van der Waals surface area contributed by atoms with Crippen molar-refractivity contribution in [3.05, 3.63) is 64.7 Å². The van der Waals surface area contributed by atoms with Gasteiger partial charge in [-0.15, -0.1) is 0 Å². The van der Waals surface area contributed by atoms with Crippen LogP contribution in [0.1, 0.15) is 29.2 Å². The lowest BCUT2D eigenvalue weighted by atomic mass is 10.1. The lowest BCUT2D eigenvalue weighted by Crippen LogP contribution is -2.10. The fourth-order valence-corrected chi connectivity index (χ4v) is 1.98. The number of hydrogen-bond donors (Lipinski definition) is 4.